The van der Waals surface area contributed by atoms with Crippen molar-refractivity contribution < 1.29 is 0 Å². The molecule has 0 atom stereocenters. The first-order valence-electron chi connectivity index (χ1n) is 6.93. The SMILES string of the molecule is CCCCCCCCc1n[nH]c(=S)n1CCC. The quantitative estimate of drug-likeness (QED) is 0.528. The van der Waals surface area contributed by atoms with E-state index < -0.39 is 0 Å². The molecule has 1 aromatic rings. The lowest BCUT2D eigenvalue weighted by atomic mass is 10.1. The zero-order chi connectivity index (χ0) is 12.5. The second-order valence-corrected chi connectivity index (χ2v) is 5.00. The van der Waals surface area contributed by atoms with E-state index in [1.165, 1.54) is 38.5 Å². The molecule has 1 aromatic heterocycles. The first-order chi connectivity index (χ1) is 8.29. The van der Waals surface area contributed by atoms with Crippen molar-refractivity contribution in [3.05, 3.63) is 10.6 Å². The molecule has 0 unspecified atom stereocenters. The number of aromatic amines is 1. The minimum absolute atomic E-state index is 0.771. The number of hydrogen-bond donors (Lipinski definition) is 1. The summed E-state index contributed by atoms with van der Waals surface area (Å²) in [4.78, 5) is 0. The number of hydrogen-bond acceptors (Lipinski definition) is 2. The predicted molar refractivity (Wildman–Crippen MR) is 74.8 cm³/mol. The van der Waals surface area contributed by atoms with Crippen molar-refractivity contribution in [1.29, 1.82) is 0 Å². The van der Waals surface area contributed by atoms with E-state index in [9.17, 15) is 0 Å². The molecule has 0 bridgehead atoms. The molecule has 0 aliphatic heterocycles. The molecule has 3 nitrogen and oxygen atoms in total. The third-order valence-corrected chi connectivity index (χ3v) is 3.35. The van der Waals surface area contributed by atoms with Crippen LogP contribution in [0.2, 0.25) is 0 Å². The van der Waals surface area contributed by atoms with Gasteiger partial charge >= 0.3 is 0 Å². The number of rotatable bonds is 9. The average molecular weight is 255 g/mol. The van der Waals surface area contributed by atoms with Crippen LogP contribution in [0.25, 0.3) is 0 Å². The molecule has 0 saturated carbocycles. The molecule has 0 spiro atoms. The second-order valence-electron chi connectivity index (χ2n) is 4.61. The van der Waals surface area contributed by atoms with Gasteiger partial charge < -0.3 is 4.57 Å². The Balaban J connectivity index is 2.29. The minimum Gasteiger partial charge on any atom is -0.304 e. The molecule has 1 rings (SSSR count). The fourth-order valence-electron chi connectivity index (χ4n) is 2.06. The Hall–Kier alpha value is -0.640. The molecule has 0 amide bonds. The first-order valence-corrected chi connectivity index (χ1v) is 7.34. The highest BCUT2D eigenvalue weighted by atomic mass is 32.1. The van der Waals surface area contributed by atoms with Crippen molar-refractivity contribution >= 4 is 12.2 Å². The number of aryl methyl sites for hydroxylation is 1. The van der Waals surface area contributed by atoms with E-state index in [-0.39, 0.29) is 0 Å². The van der Waals surface area contributed by atoms with Crippen molar-refractivity contribution in [3.8, 4) is 0 Å². The number of nitrogens with zero attached hydrogens (tertiary/aromatic N) is 2. The highest BCUT2D eigenvalue weighted by molar-refractivity contribution is 7.71. The fraction of sp³-hybridized carbons (Fsp3) is 0.846. The Morgan fingerprint density at radius 1 is 1.06 bits per heavy atom. The summed E-state index contributed by atoms with van der Waals surface area (Å²) in [7, 11) is 0. The standard InChI is InChI=1S/C13H25N3S/c1-3-5-6-7-8-9-10-12-14-15-13(17)16(12)11-4-2/h3-11H2,1-2H3,(H,15,17). The van der Waals surface area contributed by atoms with Gasteiger partial charge in [-0.05, 0) is 25.1 Å². The summed E-state index contributed by atoms with van der Waals surface area (Å²) in [5, 5.41) is 7.21. The lowest BCUT2D eigenvalue weighted by molar-refractivity contribution is 0.576. The van der Waals surface area contributed by atoms with Crippen molar-refractivity contribution in [2.75, 3.05) is 0 Å². The topological polar surface area (TPSA) is 33.6 Å². The maximum Gasteiger partial charge on any atom is 0.195 e. The maximum absolute atomic E-state index is 5.22. The summed E-state index contributed by atoms with van der Waals surface area (Å²) in [5.74, 6) is 1.13. The van der Waals surface area contributed by atoms with Crippen LogP contribution in [0.3, 0.4) is 0 Å². The molecule has 0 radical (unpaired) electrons. The summed E-state index contributed by atoms with van der Waals surface area (Å²) in [6.07, 6.45) is 10.1. The Morgan fingerprint density at radius 2 is 1.76 bits per heavy atom. The van der Waals surface area contributed by atoms with Gasteiger partial charge in [-0.15, -0.1) is 0 Å². The van der Waals surface area contributed by atoms with Crippen LogP contribution in [0.4, 0.5) is 0 Å². The molecule has 98 valence electrons. The highest BCUT2D eigenvalue weighted by Crippen LogP contribution is 2.09. The normalized spacial score (nSPS) is 10.9. The zero-order valence-corrected chi connectivity index (χ0v) is 12.0. The van der Waals surface area contributed by atoms with Gasteiger partial charge in [0.25, 0.3) is 0 Å². The maximum atomic E-state index is 5.22. The van der Waals surface area contributed by atoms with Gasteiger partial charge in [0.2, 0.25) is 0 Å². The fourth-order valence-corrected chi connectivity index (χ4v) is 2.30. The van der Waals surface area contributed by atoms with Gasteiger partial charge in [-0.25, -0.2) is 0 Å². The van der Waals surface area contributed by atoms with Crippen molar-refractivity contribution in [3.63, 3.8) is 0 Å². The van der Waals surface area contributed by atoms with Gasteiger partial charge in [0, 0.05) is 13.0 Å². The molecule has 1 heterocycles. The van der Waals surface area contributed by atoms with E-state index in [4.69, 9.17) is 12.2 Å². The van der Waals surface area contributed by atoms with Crippen LogP contribution in [0.15, 0.2) is 0 Å². The predicted octanol–water partition coefficient (Wildman–Crippen LogP) is 4.25. The van der Waals surface area contributed by atoms with Crippen molar-refractivity contribution in [1.82, 2.24) is 14.8 Å². The van der Waals surface area contributed by atoms with Crippen LogP contribution in [0.1, 0.15) is 64.6 Å². The molecule has 0 aliphatic carbocycles. The second kappa shape index (κ2) is 8.45. The van der Waals surface area contributed by atoms with Crippen LogP contribution < -0.4 is 0 Å². The lowest BCUT2D eigenvalue weighted by Crippen LogP contribution is -2.03. The van der Waals surface area contributed by atoms with E-state index in [0.29, 0.717) is 0 Å². The van der Waals surface area contributed by atoms with Crippen LogP contribution >= 0.6 is 12.2 Å². The summed E-state index contributed by atoms with van der Waals surface area (Å²) < 4.78 is 2.91. The summed E-state index contributed by atoms with van der Waals surface area (Å²) >= 11 is 5.22. The van der Waals surface area contributed by atoms with Gasteiger partial charge in [0.1, 0.15) is 5.82 Å². The number of aromatic nitrogens is 3. The average Bonchev–Trinajstić information content (AvgIpc) is 2.66. The number of nitrogens with one attached hydrogen (secondary N) is 1. The van der Waals surface area contributed by atoms with E-state index in [2.05, 4.69) is 28.6 Å². The van der Waals surface area contributed by atoms with Gasteiger partial charge in [0.05, 0.1) is 0 Å². The third-order valence-electron chi connectivity index (χ3n) is 3.04. The van der Waals surface area contributed by atoms with E-state index >= 15 is 0 Å². The van der Waals surface area contributed by atoms with E-state index in [0.717, 1.165) is 30.0 Å². The van der Waals surface area contributed by atoms with Crippen LogP contribution in [-0.4, -0.2) is 14.8 Å². The van der Waals surface area contributed by atoms with Crippen LogP contribution in [-0.2, 0) is 13.0 Å². The first kappa shape index (κ1) is 14.4. The number of unbranched alkanes of at least 4 members (excludes halogenated alkanes) is 5. The van der Waals surface area contributed by atoms with Gasteiger partial charge in [-0.3, -0.25) is 5.10 Å². The minimum atomic E-state index is 0.771. The monoisotopic (exact) mass is 255 g/mol. The molecule has 0 aromatic carbocycles. The Morgan fingerprint density at radius 3 is 2.47 bits per heavy atom. The van der Waals surface area contributed by atoms with Crippen LogP contribution in [0, 0.1) is 4.77 Å². The molecule has 17 heavy (non-hydrogen) atoms. The van der Waals surface area contributed by atoms with Gasteiger partial charge in [-0.2, -0.15) is 5.10 Å². The van der Waals surface area contributed by atoms with Gasteiger partial charge in [0.15, 0.2) is 4.77 Å². The third kappa shape index (κ3) is 5.02. The largest absolute Gasteiger partial charge is 0.304 e. The zero-order valence-electron chi connectivity index (χ0n) is 11.2. The molecular weight excluding hydrogens is 230 g/mol. The molecule has 4 heteroatoms. The van der Waals surface area contributed by atoms with Crippen LogP contribution in [0.5, 0.6) is 0 Å². The number of H-pyrrole nitrogens is 1. The highest BCUT2D eigenvalue weighted by Gasteiger charge is 2.04. The Kier molecular flexibility index (Phi) is 7.17. The summed E-state index contributed by atoms with van der Waals surface area (Å²) in [6.45, 7) is 5.41. The van der Waals surface area contributed by atoms with Crippen molar-refractivity contribution in [2.45, 2.75) is 71.8 Å². The van der Waals surface area contributed by atoms with Gasteiger partial charge in [-0.1, -0.05) is 46.0 Å². The summed E-state index contributed by atoms with van der Waals surface area (Å²) in [6, 6.07) is 0. The Bertz CT molecular complexity index is 354. The van der Waals surface area contributed by atoms with E-state index in [1.807, 2.05) is 0 Å². The van der Waals surface area contributed by atoms with Crippen molar-refractivity contribution in [2.24, 2.45) is 0 Å². The Labute approximate surface area is 110 Å². The lowest BCUT2D eigenvalue weighted by Gasteiger charge is -2.04. The molecule has 1 N–H and O–H groups in total. The smallest absolute Gasteiger partial charge is 0.195 e. The summed E-state index contributed by atoms with van der Waals surface area (Å²) in [5.41, 5.74) is 0. The molecular formula is C13H25N3S. The molecule has 0 saturated heterocycles. The molecule has 0 aliphatic rings. The van der Waals surface area contributed by atoms with E-state index in [1.54, 1.807) is 0 Å². The molecule has 0 fully saturated rings.